The predicted octanol–water partition coefficient (Wildman–Crippen LogP) is -0.0127. The lowest BCUT2D eigenvalue weighted by Gasteiger charge is -2.38. The molecule has 0 aliphatic carbocycles. The van der Waals surface area contributed by atoms with E-state index in [0.29, 0.717) is 25.9 Å². The number of likely N-dealkylation sites (tertiary alicyclic amines) is 1. The molecule has 1 amide bonds. The molecule has 2 rings (SSSR count). The monoisotopic (exact) mass is 369 g/mol. The maximum atomic E-state index is 12.7. The Hall–Kier alpha value is -1.48. The number of sulfonamides is 1. The number of piperidine rings is 1. The van der Waals surface area contributed by atoms with Gasteiger partial charge in [-0.3, -0.25) is 4.79 Å². The number of aliphatic hydroxyl groups is 1. The molecule has 1 aliphatic rings. The number of nitrogens with zero attached hydrogens (tertiary/aromatic N) is 1. The second kappa shape index (κ2) is 8.27. The number of nitrogens with one attached hydrogen (secondary N) is 2. The van der Waals surface area contributed by atoms with Crippen molar-refractivity contribution >= 4 is 15.9 Å². The molecule has 7 nitrogen and oxygen atoms in total. The van der Waals surface area contributed by atoms with Gasteiger partial charge < -0.3 is 15.3 Å². The number of aryl methyl sites for hydroxylation is 1. The van der Waals surface area contributed by atoms with Gasteiger partial charge in [0.2, 0.25) is 10.0 Å². The van der Waals surface area contributed by atoms with Crippen LogP contribution in [0, 0.1) is 6.92 Å². The largest absolute Gasteiger partial charge is 0.379 e. The fourth-order valence-electron chi connectivity index (χ4n) is 3.01. The van der Waals surface area contributed by atoms with Gasteiger partial charge in [0, 0.05) is 26.2 Å². The van der Waals surface area contributed by atoms with Crippen LogP contribution in [-0.4, -0.2) is 62.4 Å². The van der Waals surface area contributed by atoms with E-state index in [4.69, 9.17) is 0 Å². The van der Waals surface area contributed by atoms with Gasteiger partial charge in [-0.2, -0.15) is 0 Å². The third-order valence-electron chi connectivity index (χ3n) is 4.44. The summed E-state index contributed by atoms with van der Waals surface area (Å²) in [6.45, 7) is 3.31. The summed E-state index contributed by atoms with van der Waals surface area (Å²) in [5, 5.41) is 13.6. The molecule has 140 valence electrons. The third kappa shape index (κ3) is 5.50. The Kier molecular flexibility index (Phi) is 6.56. The van der Waals surface area contributed by atoms with E-state index in [1.54, 1.807) is 4.90 Å². The van der Waals surface area contributed by atoms with Crippen LogP contribution in [0.25, 0.3) is 0 Å². The maximum absolute atomic E-state index is 12.7. The lowest BCUT2D eigenvalue weighted by atomic mass is 9.91. The highest BCUT2D eigenvalue weighted by atomic mass is 32.2. The summed E-state index contributed by atoms with van der Waals surface area (Å²) in [4.78, 5) is 14.4. The number of hydrogen-bond donors (Lipinski definition) is 3. The third-order valence-corrected chi connectivity index (χ3v) is 5.80. The fraction of sp³-hybridized carbons (Fsp3) is 0.588. The zero-order valence-corrected chi connectivity index (χ0v) is 15.6. The Bertz CT molecular complexity index is 708. The van der Waals surface area contributed by atoms with Gasteiger partial charge >= 0.3 is 0 Å². The Morgan fingerprint density at radius 2 is 2.12 bits per heavy atom. The smallest absolute Gasteiger partial charge is 0.256 e. The summed E-state index contributed by atoms with van der Waals surface area (Å²) in [7, 11) is -1.94. The van der Waals surface area contributed by atoms with E-state index in [-0.39, 0.29) is 24.7 Å². The lowest BCUT2D eigenvalue weighted by Crippen LogP contribution is -2.58. The van der Waals surface area contributed by atoms with Crippen molar-refractivity contribution in [1.29, 1.82) is 0 Å². The van der Waals surface area contributed by atoms with Crippen molar-refractivity contribution in [2.24, 2.45) is 0 Å². The van der Waals surface area contributed by atoms with Gasteiger partial charge in [-0.1, -0.05) is 29.8 Å². The van der Waals surface area contributed by atoms with Crippen molar-refractivity contribution in [3.8, 4) is 0 Å². The van der Waals surface area contributed by atoms with Crippen LogP contribution in [0.4, 0.5) is 0 Å². The van der Waals surface area contributed by atoms with E-state index in [9.17, 15) is 18.3 Å². The molecule has 1 atom stereocenters. The second-order valence-corrected chi connectivity index (χ2v) is 8.60. The van der Waals surface area contributed by atoms with Crippen LogP contribution >= 0.6 is 0 Å². The maximum Gasteiger partial charge on any atom is 0.256 e. The van der Waals surface area contributed by atoms with Crippen LogP contribution in [0.1, 0.15) is 24.0 Å². The average Bonchev–Trinajstić information content (AvgIpc) is 2.56. The van der Waals surface area contributed by atoms with E-state index in [2.05, 4.69) is 10.0 Å². The Labute approximate surface area is 149 Å². The van der Waals surface area contributed by atoms with E-state index < -0.39 is 15.6 Å². The number of carbonyl (C=O) groups is 1. The van der Waals surface area contributed by atoms with Crippen molar-refractivity contribution in [2.75, 3.05) is 32.4 Å². The van der Waals surface area contributed by atoms with E-state index in [0.717, 1.165) is 11.1 Å². The van der Waals surface area contributed by atoms with Gasteiger partial charge in [0.05, 0.1) is 5.75 Å². The molecule has 1 aromatic carbocycles. The molecular formula is C17H27N3O4S. The number of rotatable bonds is 8. The molecule has 0 aromatic heterocycles. The molecular weight excluding hydrogens is 342 g/mol. The molecule has 1 aromatic rings. The van der Waals surface area contributed by atoms with Gasteiger partial charge in [-0.15, -0.1) is 0 Å². The highest BCUT2D eigenvalue weighted by molar-refractivity contribution is 7.89. The van der Waals surface area contributed by atoms with E-state index >= 15 is 0 Å². The molecule has 1 fully saturated rings. The zero-order chi connectivity index (χ0) is 18.5. The molecule has 1 aliphatic heterocycles. The van der Waals surface area contributed by atoms with Crippen LogP contribution < -0.4 is 10.0 Å². The Balaban J connectivity index is 1.93. The van der Waals surface area contributed by atoms with Crippen molar-refractivity contribution in [2.45, 2.75) is 31.9 Å². The molecule has 3 N–H and O–H groups in total. The van der Waals surface area contributed by atoms with Crippen molar-refractivity contribution in [3.63, 3.8) is 0 Å². The van der Waals surface area contributed by atoms with Gasteiger partial charge in [0.1, 0.15) is 0 Å². The number of benzene rings is 1. The summed E-state index contributed by atoms with van der Waals surface area (Å²) in [5.41, 5.74) is 0.682. The van der Waals surface area contributed by atoms with E-state index in [1.807, 2.05) is 31.2 Å². The van der Waals surface area contributed by atoms with Gasteiger partial charge in [0.25, 0.3) is 5.91 Å². The predicted molar refractivity (Wildman–Crippen MR) is 96.5 cm³/mol. The van der Waals surface area contributed by atoms with Crippen molar-refractivity contribution in [1.82, 2.24) is 14.9 Å². The summed E-state index contributed by atoms with van der Waals surface area (Å²) in [6.07, 6.45) is 1.09. The molecule has 1 heterocycles. The quantitative estimate of drug-likeness (QED) is 0.560. The lowest BCUT2D eigenvalue weighted by molar-refractivity contribution is -0.157. The molecule has 25 heavy (non-hydrogen) atoms. The highest BCUT2D eigenvalue weighted by Gasteiger charge is 2.41. The van der Waals surface area contributed by atoms with Gasteiger partial charge in [-0.05, 0) is 32.4 Å². The van der Waals surface area contributed by atoms with Crippen LogP contribution in [0.2, 0.25) is 0 Å². The number of amides is 1. The molecule has 0 spiro atoms. The zero-order valence-electron chi connectivity index (χ0n) is 14.8. The SMILES string of the molecule is CNS(=O)(=O)CCNC[C@]1(O)CCCN(Cc2cccc(C)c2)C1=O. The second-order valence-electron chi connectivity index (χ2n) is 6.55. The standard InChI is InChI=1S/C17H27N3O4S/c1-14-5-3-6-15(11-14)12-20-9-4-7-17(22,16(20)21)13-19-8-10-25(23,24)18-2/h3,5-6,11,18-19,22H,4,7-10,12-13H2,1-2H3/t17-/m1/s1. The molecule has 8 heteroatoms. The molecule has 0 saturated carbocycles. The molecule has 0 bridgehead atoms. The number of carbonyl (C=O) groups excluding carboxylic acids is 1. The van der Waals surface area contributed by atoms with Crippen LogP contribution in [-0.2, 0) is 21.4 Å². The first-order chi connectivity index (χ1) is 11.8. The summed E-state index contributed by atoms with van der Waals surface area (Å²) in [6, 6.07) is 7.95. The van der Waals surface area contributed by atoms with E-state index in [1.165, 1.54) is 7.05 Å². The Morgan fingerprint density at radius 3 is 2.80 bits per heavy atom. The molecule has 0 radical (unpaired) electrons. The topological polar surface area (TPSA) is 98.7 Å². The first-order valence-electron chi connectivity index (χ1n) is 8.45. The average molecular weight is 369 g/mol. The minimum Gasteiger partial charge on any atom is -0.379 e. The summed E-state index contributed by atoms with van der Waals surface area (Å²) >= 11 is 0. The van der Waals surface area contributed by atoms with Gasteiger partial charge in [-0.25, -0.2) is 13.1 Å². The minimum atomic E-state index is -3.30. The summed E-state index contributed by atoms with van der Waals surface area (Å²) in [5.74, 6) is -0.398. The number of hydrogen-bond acceptors (Lipinski definition) is 5. The van der Waals surface area contributed by atoms with Gasteiger partial charge in [0.15, 0.2) is 5.60 Å². The van der Waals surface area contributed by atoms with Crippen molar-refractivity contribution < 1.29 is 18.3 Å². The first-order valence-corrected chi connectivity index (χ1v) is 10.1. The first kappa shape index (κ1) is 19.8. The van der Waals surface area contributed by atoms with Crippen molar-refractivity contribution in [3.05, 3.63) is 35.4 Å². The highest BCUT2D eigenvalue weighted by Crippen LogP contribution is 2.24. The summed E-state index contributed by atoms with van der Waals surface area (Å²) < 4.78 is 25.0. The normalized spacial score (nSPS) is 21.6. The molecule has 1 saturated heterocycles. The van der Waals surface area contributed by atoms with Crippen LogP contribution in [0.3, 0.4) is 0 Å². The van der Waals surface area contributed by atoms with Crippen LogP contribution in [0.15, 0.2) is 24.3 Å². The fourth-order valence-corrected chi connectivity index (χ4v) is 3.63. The van der Waals surface area contributed by atoms with Crippen LogP contribution in [0.5, 0.6) is 0 Å². The minimum absolute atomic E-state index is 0.0510. The molecule has 0 unspecified atom stereocenters. The Morgan fingerprint density at radius 1 is 1.36 bits per heavy atom.